The fourth-order valence-electron chi connectivity index (χ4n) is 1.78. The third-order valence-electron chi connectivity index (χ3n) is 3.10. The van der Waals surface area contributed by atoms with Crippen molar-refractivity contribution in [3.63, 3.8) is 0 Å². The van der Waals surface area contributed by atoms with E-state index in [4.69, 9.17) is 4.74 Å². The molecule has 3 N–H and O–H groups in total. The first-order valence-electron chi connectivity index (χ1n) is 6.54. The summed E-state index contributed by atoms with van der Waals surface area (Å²) in [4.78, 5) is 23.2. The van der Waals surface area contributed by atoms with Crippen molar-refractivity contribution < 1.29 is 19.4 Å². The molecule has 0 radical (unpaired) electrons. The summed E-state index contributed by atoms with van der Waals surface area (Å²) in [6.45, 7) is 0.757. The monoisotopic (exact) mass is 278 g/mol. The molecular formula is C14H18N2O4. The number of hydrogen-bond acceptors (Lipinski definition) is 4. The summed E-state index contributed by atoms with van der Waals surface area (Å²) in [6.07, 6.45) is 1.92. The lowest BCUT2D eigenvalue weighted by atomic mass is 10.2. The molecule has 1 aliphatic rings. The average molecular weight is 278 g/mol. The molecule has 1 aromatic rings. The number of carbonyl (C=O) groups excluding carboxylic acids is 2. The van der Waals surface area contributed by atoms with E-state index in [0.29, 0.717) is 24.4 Å². The van der Waals surface area contributed by atoms with Gasteiger partial charge in [0.2, 0.25) is 5.91 Å². The van der Waals surface area contributed by atoms with Gasteiger partial charge in [0.1, 0.15) is 0 Å². The van der Waals surface area contributed by atoms with Crippen LogP contribution in [-0.2, 0) is 4.79 Å². The molecule has 0 aliphatic heterocycles. The van der Waals surface area contributed by atoms with Crippen LogP contribution in [0.25, 0.3) is 0 Å². The van der Waals surface area contributed by atoms with E-state index in [-0.39, 0.29) is 23.5 Å². The van der Waals surface area contributed by atoms with E-state index in [2.05, 4.69) is 10.6 Å². The summed E-state index contributed by atoms with van der Waals surface area (Å²) >= 11 is 0. The highest BCUT2D eigenvalue weighted by atomic mass is 16.5. The Kier molecular flexibility index (Phi) is 4.45. The lowest BCUT2D eigenvalue weighted by Crippen LogP contribution is -2.35. The molecule has 1 fully saturated rings. The third-order valence-corrected chi connectivity index (χ3v) is 3.10. The Labute approximate surface area is 117 Å². The van der Waals surface area contributed by atoms with Gasteiger partial charge in [0.15, 0.2) is 11.5 Å². The highest BCUT2D eigenvalue weighted by Gasteiger charge is 2.28. The van der Waals surface area contributed by atoms with Crippen molar-refractivity contribution in [3.05, 3.63) is 23.8 Å². The van der Waals surface area contributed by atoms with Gasteiger partial charge in [-0.3, -0.25) is 9.59 Å². The number of nitrogens with one attached hydrogen (secondary N) is 2. The van der Waals surface area contributed by atoms with Gasteiger partial charge in [-0.25, -0.2) is 0 Å². The van der Waals surface area contributed by atoms with Crippen molar-refractivity contribution in [2.75, 3.05) is 20.2 Å². The molecule has 0 spiro atoms. The molecule has 0 aromatic heterocycles. The molecule has 1 saturated carbocycles. The lowest BCUT2D eigenvalue weighted by molar-refractivity contribution is -0.122. The third kappa shape index (κ3) is 3.63. The quantitative estimate of drug-likeness (QED) is 0.667. The van der Waals surface area contributed by atoms with Gasteiger partial charge in [-0.1, -0.05) is 0 Å². The molecule has 1 aliphatic carbocycles. The summed E-state index contributed by atoms with van der Waals surface area (Å²) in [5, 5.41) is 15.0. The molecule has 1 aromatic carbocycles. The summed E-state index contributed by atoms with van der Waals surface area (Å²) in [6, 6.07) is 4.44. The molecule has 0 saturated heterocycles. The Morgan fingerprint density at radius 1 is 1.30 bits per heavy atom. The van der Waals surface area contributed by atoms with Gasteiger partial charge in [-0.2, -0.15) is 0 Å². The van der Waals surface area contributed by atoms with E-state index in [1.54, 1.807) is 6.07 Å². The number of carbonyl (C=O) groups is 2. The smallest absolute Gasteiger partial charge is 0.251 e. The second-order valence-corrected chi connectivity index (χ2v) is 4.71. The van der Waals surface area contributed by atoms with E-state index >= 15 is 0 Å². The maximum Gasteiger partial charge on any atom is 0.251 e. The number of benzene rings is 1. The van der Waals surface area contributed by atoms with Gasteiger partial charge < -0.3 is 20.5 Å². The van der Waals surface area contributed by atoms with Crippen LogP contribution < -0.4 is 15.4 Å². The first kappa shape index (κ1) is 14.2. The topological polar surface area (TPSA) is 87.7 Å². The van der Waals surface area contributed by atoms with Crippen LogP contribution in [-0.4, -0.2) is 37.1 Å². The number of rotatable bonds is 6. The maximum atomic E-state index is 11.8. The molecule has 0 bridgehead atoms. The molecular weight excluding hydrogens is 260 g/mol. The number of ether oxygens (including phenoxy) is 1. The van der Waals surface area contributed by atoms with Gasteiger partial charge in [-0.15, -0.1) is 0 Å². The predicted octanol–water partition coefficient (Wildman–Crippen LogP) is 0.657. The number of amides is 2. The summed E-state index contributed by atoms with van der Waals surface area (Å²) in [5.74, 6) is 0.162. The molecule has 2 amide bonds. The van der Waals surface area contributed by atoms with Crippen molar-refractivity contribution in [3.8, 4) is 11.5 Å². The standard InChI is InChI=1S/C14H18N2O4/c1-20-12-5-4-10(8-11(12)17)14(19)16-7-6-15-13(18)9-2-3-9/h4-5,8-9,17H,2-3,6-7H2,1H3,(H,15,18)(H,16,19). The number of aromatic hydroxyl groups is 1. The van der Waals surface area contributed by atoms with Crippen LogP contribution in [0.5, 0.6) is 11.5 Å². The average Bonchev–Trinajstić information content (AvgIpc) is 3.27. The normalized spacial score (nSPS) is 13.7. The number of phenols is 1. The van der Waals surface area contributed by atoms with Crippen LogP contribution in [0.4, 0.5) is 0 Å². The molecule has 0 heterocycles. The molecule has 20 heavy (non-hydrogen) atoms. The predicted molar refractivity (Wildman–Crippen MR) is 72.7 cm³/mol. The molecule has 6 nitrogen and oxygen atoms in total. The van der Waals surface area contributed by atoms with E-state index in [9.17, 15) is 14.7 Å². The van der Waals surface area contributed by atoms with Crippen LogP contribution in [0.1, 0.15) is 23.2 Å². The molecule has 0 atom stereocenters. The second kappa shape index (κ2) is 6.27. The van der Waals surface area contributed by atoms with Crippen molar-refractivity contribution in [1.82, 2.24) is 10.6 Å². The molecule has 6 heteroatoms. The fourth-order valence-corrected chi connectivity index (χ4v) is 1.78. The first-order chi connectivity index (χ1) is 9.61. The zero-order valence-electron chi connectivity index (χ0n) is 11.3. The zero-order valence-corrected chi connectivity index (χ0v) is 11.3. The van der Waals surface area contributed by atoms with Gasteiger partial charge >= 0.3 is 0 Å². The fraction of sp³-hybridized carbons (Fsp3) is 0.429. The van der Waals surface area contributed by atoms with E-state index in [1.807, 2.05) is 0 Å². The van der Waals surface area contributed by atoms with Crippen molar-refractivity contribution >= 4 is 11.8 Å². The number of methoxy groups -OCH3 is 1. The van der Waals surface area contributed by atoms with Gasteiger partial charge in [0, 0.05) is 24.6 Å². The van der Waals surface area contributed by atoms with Gasteiger partial charge in [0.25, 0.3) is 5.91 Å². The molecule has 2 rings (SSSR count). The highest BCUT2D eigenvalue weighted by Crippen LogP contribution is 2.28. The van der Waals surface area contributed by atoms with Gasteiger partial charge in [-0.05, 0) is 31.0 Å². The Bertz CT molecular complexity index is 512. The lowest BCUT2D eigenvalue weighted by Gasteiger charge is -2.08. The summed E-state index contributed by atoms with van der Waals surface area (Å²) < 4.78 is 4.90. The highest BCUT2D eigenvalue weighted by molar-refractivity contribution is 5.94. The second-order valence-electron chi connectivity index (χ2n) is 4.71. The Balaban J connectivity index is 1.76. The summed E-state index contributed by atoms with van der Waals surface area (Å²) in [7, 11) is 1.44. The minimum Gasteiger partial charge on any atom is -0.504 e. The molecule has 0 unspecified atom stereocenters. The Morgan fingerprint density at radius 3 is 2.60 bits per heavy atom. The van der Waals surface area contributed by atoms with E-state index in [1.165, 1.54) is 19.2 Å². The Hall–Kier alpha value is -2.24. The van der Waals surface area contributed by atoms with Crippen molar-refractivity contribution in [2.24, 2.45) is 5.92 Å². The first-order valence-corrected chi connectivity index (χ1v) is 6.54. The van der Waals surface area contributed by atoms with E-state index < -0.39 is 0 Å². The number of hydrogen-bond donors (Lipinski definition) is 3. The SMILES string of the molecule is COc1ccc(C(=O)NCCNC(=O)C2CC2)cc1O. The largest absolute Gasteiger partial charge is 0.504 e. The van der Waals surface area contributed by atoms with Crippen LogP contribution in [0.15, 0.2) is 18.2 Å². The summed E-state index contributed by atoms with van der Waals surface area (Å²) in [5.41, 5.74) is 0.344. The van der Waals surface area contributed by atoms with Gasteiger partial charge in [0.05, 0.1) is 7.11 Å². The maximum absolute atomic E-state index is 11.8. The van der Waals surface area contributed by atoms with Crippen LogP contribution >= 0.6 is 0 Å². The molecule has 108 valence electrons. The van der Waals surface area contributed by atoms with Crippen molar-refractivity contribution in [1.29, 1.82) is 0 Å². The minimum absolute atomic E-state index is 0.0568. The van der Waals surface area contributed by atoms with E-state index in [0.717, 1.165) is 12.8 Å². The van der Waals surface area contributed by atoms with Crippen LogP contribution in [0.3, 0.4) is 0 Å². The van der Waals surface area contributed by atoms with Crippen LogP contribution in [0.2, 0.25) is 0 Å². The Morgan fingerprint density at radius 2 is 2.00 bits per heavy atom. The zero-order chi connectivity index (χ0) is 14.5. The van der Waals surface area contributed by atoms with Crippen molar-refractivity contribution in [2.45, 2.75) is 12.8 Å². The minimum atomic E-state index is -0.302. The van der Waals surface area contributed by atoms with Crippen LogP contribution in [0, 0.1) is 5.92 Å². The number of phenolic OH excluding ortho intramolecular Hbond substituents is 1.